The zero-order chi connectivity index (χ0) is 14.0. The van der Waals surface area contributed by atoms with Crippen molar-refractivity contribution in [2.75, 3.05) is 18.0 Å². The maximum Gasteiger partial charge on any atom is 0.293 e. The molecular weight excluding hydrogens is 310 g/mol. The lowest BCUT2D eigenvalue weighted by atomic mass is 9.90. The molecule has 0 amide bonds. The van der Waals surface area contributed by atoms with Gasteiger partial charge in [-0.15, -0.1) is 0 Å². The largest absolute Gasteiger partial charge is 0.361 e. The van der Waals surface area contributed by atoms with Crippen LogP contribution in [0.3, 0.4) is 0 Å². The highest BCUT2D eigenvalue weighted by Gasteiger charge is 2.31. The summed E-state index contributed by atoms with van der Waals surface area (Å²) in [7, 11) is 0. The number of anilines is 1. The Morgan fingerprint density at radius 3 is 2.95 bits per heavy atom. The van der Waals surface area contributed by atoms with Crippen LogP contribution in [-0.4, -0.2) is 24.1 Å². The van der Waals surface area contributed by atoms with E-state index in [0.717, 1.165) is 23.9 Å². The maximum absolute atomic E-state index is 11.2. The van der Waals surface area contributed by atoms with Crippen molar-refractivity contribution in [3.8, 4) is 0 Å². The Hall–Kier alpha value is -1.14. The topological polar surface area (TPSA) is 72.4 Å². The normalized spacial score (nSPS) is 23.4. The van der Waals surface area contributed by atoms with Crippen LogP contribution in [0.15, 0.2) is 22.7 Å². The fourth-order valence-corrected chi connectivity index (χ4v) is 3.14. The number of nitro benzene ring substituents is 1. The van der Waals surface area contributed by atoms with Gasteiger partial charge in [0.25, 0.3) is 5.69 Å². The summed E-state index contributed by atoms with van der Waals surface area (Å²) in [6.45, 7) is 3.51. The zero-order valence-corrected chi connectivity index (χ0v) is 12.5. The summed E-state index contributed by atoms with van der Waals surface area (Å²) in [6.07, 6.45) is 2.17. The number of halogens is 1. The number of piperidine rings is 1. The SMILES string of the molecule is CC1CCCN(c2ccc(Br)cc2[N+](=O)[O-])C1CN. The van der Waals surface area contributed by atoms with E-state index in [2.05, 4.69) is 27.8 Å². The van der Waals surface area contributed by atoms with Crippen LogP contribution in [0.5, 0.6) is 0 Å². The van der Waals surface area contributed by atoms with E-state index in [1.165, 1.54) is 0 Å². The number of rotatable bonds is 3. The van der Waals surface area contributed by atoms with Crippen molar-refractivity contribution < 1.29 is 4.92 Å². The monoisotopic (exact) mass is 327 g/mol. The van der Waals surface area contributed by atoms with Crippen LogP contribution < -0.4 is 10.6 Å². The Morgan fingerprint density at radius 2 is 2.32 bits per heavy atom. The van der Waals surface area contributed by atoms with Crippen molar-refractivity contribution in [3.05, 3.63) is 32.8 Å². The third-order valence-electron chi connectivity index (χ3n) is 3.80. The molecule has 1 heterocycles. The Bertz CT molecular complexity index is 481. The minimum atomic E-state index is -0.326. The fourth-order valence-electron chi connectivity index (χ4n) is 2.79. The van der Waals surface area contributed by atoms with Crippen molar-refractivity contribution in [2.45, 2.75) is 25.8 Å². The van der Waals surface area contributed by atoms with Crippen molar-refractivity contribution in [1.29, 1.82) is 0 Å². The highest BCUT2D eigenvalue weighted by Crippen LogP contribution is 2.36. The summed E-state index contributed by atoms with van der Waals surface area (Å²) in [6, 6.07) is 5.38. The molecule has 0 spiro atoms. The summed E-state index contributed by atoms with van der Waals surface area (Å²) in [5.41, 5.74) is 6.67. The molecular formula is C13H18BrN3O2. The van der Waals surface area contributed by atoms with Crippen LogP contribution in [0.1, 0.15) is 19.8 Å². The van der Waals surface area contributed by atoms with Crippen molar-refractivity contribution >= 4 is 27.3 Å². The second-order valence-electron chi connectivity index (χ2n) is 5.01. The van der Waals surface area contributed by atoms with E-state index in [9.17, 15) is 10.1 Å². The van der Waals surface area contributed by atoms with E-state index in [1.54, 1.807) is 6.07 Å². The van der Waals surface area contributed by atoms with Gasteiger partial charge >= 0.3 is 0 Å². The Morgan fingerprint density at radius 1 is 1.58 bits per heavy atom. The molecule has 2 atom stereocenters. The van der Waals surface area contributed by atoms with Crippen LogP contribution in [0.25, 0.3) is 0 Å². The van der Waals surface area contributed by atoms with E-state index in [-0.39, 0.29) is 16.7 Å². The predicted octanol–water partition coefficient (Wildman–Crippen LogP) is 2.92. The quantitative estimate of drug-likeness (QED) is 0.684. The molecule has 0 saturated carbocycles. The van der Waals surface area contributed by atoms with Crippen molar-refractivity contribution in [3.63, 3.8) is 0 Å². The Balaban J connectivity index is 2.42. The van der Waals surface area contributed by atoms with Gasteiger partial charge in [0.15, 0.2) is 0 Å². The molecule has 1 aromatic carbocycles. The number of nitrogens with two attached hydrogens (primary N) is 1. The van der Waals surface area contributed by atoms with Crippen LogP contribution in [0.4, 0.5) is 11.4 Å². The molecule has 6 heteroatoms. The first-order chi connectivity index (χ1) is 9.04. The number of nitro groups is 1. The molecule has 1 aliphatic rings. The molecule has 0 bridgehead atoms. The van der Waals surface area contributed by atoms with E-state index in [4.69, 9.17) is 5.73 Å². The molecule has 1 fully saturated rings. The van der Waals surface area contributed by atoms with Gasteiger partial charge in [-0.2, -0.15) is 0 Å². The second kappa shape index (κ2) is 5.88. The molecule has 2 unspecified atom stereocenters. The van der Waals surface area contributed by atoms with Gasteiger partial charge < -0.3 is 10.6 Å². The third kappa shape index (κ3) is 2.90. The number of benzene rings is 1. The number of nitrogens with zero attached hydrogens (tertiary/aromatic N) is 2. The molecule has 2 N–H and O–H groups in total. The van der Waals surface area contributed by atoms with Gasteiger partial charge in [0.2, 0.25) is 0 Å². The lowest BCUT2D eigenvalue weighted by Crippen LogP contribution is -2.49. The van der Waals surface area contributed by atoms with E-state index < -0.39 is 0 Å². The van der Waals surface area contributed by atoms with Gasteiger partial charge in [0, 0.05) is 29.7 Å². The average molecular weight is 328 g/mol. The molecule has 104 valence electrons. The Kier molecular flexibility index (Phi) is 4.42. The van der Waals surface area contributed by atoms with E-state index >= 15 is 0 Å². The van der Waals surface area contributed by atoms with Crippen LogP contribution in [0.2, 0.25) is 0 Å². The molecule has 0 aromatic heterocycles. The smallest absolute Gasteiger partial charge is 0.293 e. The zero-order valence-electron chi connectivity index (χ0n) is 10.9. The first kappa shape index (κ1) is 14.3. The number of hydrogen-bond donors (Lipinski definition) is 1. The van der Waals surface area contributed by atoms with Crippen molar-refractivity contribution in [1.82, 2.24) is 0 Å². The summed E-state index contributed by atoms with van der Waals surface area (Å²) in [5.74, 6) is 0.460. The van der Waals surface area contributed by atoms with Gasteiger partial charge in [0.1, 0.15) is 5.69 Å². The summed E-state index contributed by atoms with van der Waals surface area (Å²) in [5, 5.41) is 11.2. The maximum atomic E-state index is 11.2. The highest BCUT2D eigenvalue weighted by atomic mass is 79.9. The van der Waals surface area contributed by atoms with Crippen LogP contribution in [0, 0.1) is 16.0 Å². The Labute approximate surface area is 121 Å². The third-order valence-corrected chi connectivity index (χ3v) is 4.29. The molecule has 2 rings (SSSR count). The van der Waals surface area contributed by atoms with Crippen LogP contribution >= 0.6 is 15.9 Å². The number of hydrogen-bond acceptors (Lipinski definition) is 4. The second-order valence-corrected chi connectivity index (χ2v) is 5.92. The minimum Gasteiger partial charge on any atom is -0.361 e. The van der Waals surface area contributed by atoms with E-state index in [1.807, 2.05) is 12.1 Å². The van der Waals surface area contributed by atoms with Gasteiger partial charge in [0.05, 0.1) is 4.92 Å². The van der Waals surface area contributed by atoms with E-state index in [0.29, 0.717) is 18.2 Å². The van der Waals surface area contributed by atoms with Gasteiger partial charge in [-0.25, -0.2) is 0 Å². The summed E-state index contributed by atoms with van der Waals surface area (Å²) < 4.78 is 0.720. The molecule has 19 heavy (non-hydrogen) atoms. The first-order valence-corrected chi connectivity index (χ1v) is 7.24. The van der Waals surface area contributed by atoms with Gasteiger partial charge in [-0.1, -0.05) is 22.9 Å². The summed E-state index contributed by atoms with van der Waals surface area (Å²) in [4.78, 5) is 13.0. The highest BCUT2D eigenvalue weighted by molar-refractivity contribution is 9.10. The lowest BCUT2D eigenvalue weighted by molar-refractivity contribution is -0.384. The molecule has 1 aliphatic heterocycles. The predicted molar refractivity (Wildman–Crippen MR) is 79.4 cm³/mol. The molecule has 1 saturated heterocycles. The average Bonchev–Trinajstić information content (AvgIpc) is 2.38. The molecule has 0 radical (unpaired) electrons. The standard InChI is InChI=1S/C13H18BrN3O2/c1-9-3-2-6-16(13(9)8-15)11-5-4-10(14)7-12(11)17(18)19/h4-5,7,9,13H,2-3,6,8,15H2,1H3. The lowest BCUT2D eigenvalue weighted by Gasteiger charge is -2.40. The van der Waals surface area contributed by atoms with Gasteiger partial charge in [-0.3, -0.25) is 10.1 Å². The fraction of sp³-hybridized carbons (Fsp3) is 0.538. The minimum absolute atomic E-state index is 0.141. The first-order valence-electron chi connectivity index (χ1n) is 6.45. The summed E-state index contributed by atoms with van der Waals surface area (Å²) >= 11 is 3.29. The van der Waals surface area contributed by atoms with Gasteiger partial charge in [-0.05, 0) is 30.9 Å². The van der Waals surface area contributed by atoms with Crippen molar-refractivity contribution in [2.24, 2.45) is 11.7 Å². The van der Waals surface area contributed by atoms with Crippen LogP contribution in [-0.2, 0) is 0 Å². The molecule has 0 aliphatic carbocycles. The molecule has 1 aromatic rings. The molecule has 5 nitrogen and oxygen atoms in total.